The summed E-state index contributed by atoms with van der Waals surface area (Å²) in [5, 5.41) is 15.2. The highest BCUT2D eigenvalue weighted by Crippen LogP contribution is 2.20. The third-order valence-electron chi connectivity index (χ3n) is 4.56. The second-order valence-electron chi connectivity index (χ2n) is 6.64. The van der Waals surface area contributed by atoms with E-state index in [1.807, 2.05) is 39.8 Å². The summed E-state index contributed by atoms with van der Waals surface area (Å²) >= 11 is 1.72. The van der Waals surface area contributed by atoms with Gasteiger partial charge in [0.15, 0.2) is 0 Å². The van der Waals surface area contributed by atoms with Gasteiger partial charge in [0.2, 0.25) is 0 Å². The van der Waals surface area contributed by atoms with Crippen molar-refractivity contribution in [2.45, 2.75) is 46.8 Å². The number of nitrogens with one attached hydrogen (secondary N) is 1. The molecule has 2 aromatic rings. The van der Waals surface area contributed by atoms with E-state index in [4.69, 9.17) is 0 Å². The van der Waals surface area contributed by atoms with E-state index in [9.17, 15) is 9.90 Å². The number of carbonyl (C=O) groups excluding carboxylic acids is 1. The van der Waals surface area contributed by atoms with E-state index in [2.05, 4.69) is 21.3 Å². The summed E-state index contributed by atoms with van der Waals surface area (Å²) in [7, 11) is 0. The number of aromatic nitrogens is 1. The number of thiophene rings is 1. The number of aryl methyl sites for hydroxylation is 1. The van der Waals surface area contributed by atoms with E-state index in [0.717, 1.165) is 17.9 Å². The monoisotopic (exact) mass is 334 g/mol. The SMILES string of the molecule is Cc1cc(C(=O)NCC(C)(O)C(C)C)c(C)n1Cc1cccs1. The second kappa shape index (κ2) is 6.89. The summed E-state index contributed by atoms with van der Waals surface area (Å²) in [5.41, 5.74) is 1.80. The molecule has 1 atom stereocenters. The fourth-order valence-electron chi connectivity index (χ4n) is 2.39. The van der Waals surface area contributed by atoms with Crippen molar-refractivity contribution >= 4 is 17.2 Å². The number of amides is 1. The van der Waals surface area contributed by atoms with Crippen LogP contribution in [0.1, 0.15) is 47.4 Å². The summed E-state index contributed by atoms with van der Waals surface area (Å²) in [6, 6.07) is 6.06. The molecular weight excluding hydrogens is 308 g/mol. The Kier molecular flexibility index (Phi) is 5.32. The first-order chi connectivity index (χ1) is 10.7. The molecule has 0 saturated heterocycles. The van der Waals surface area contributed by atoms with Crippen LogP contribution in [0.5, 0.6) is 0 Å². The third kappa shape index (κ3) is 4.03. The van der Waals surface area contributed by atoms with Gasteiger partial charge in [0.25, 0.3) is 5.91 Å². The van der Waals surface area contributed by atoms with Gasteiger partial charge in [0.05, 0.1) is 17.7 Å². The van der Waals surface area contributed by atoms with Crippen LogP contribution in [-0.4, -0.2) is 27.7 Å². The summed E-state index contributed by atoms with van der Waals surface area (Å²) in [4.78, 5) is 13.7. The minimum Gasteiger partial charge on any atom is -0.388 e. The van der Waals surface area contributed by atoms with Crippen molar-refractivity contribution in [3.8, 4) is 0 Å². The molecule has 5 heteroatoms. The molecule has 0 spiro atoms. The predicted octanol–water partition coefficient (Wildman–Crippen LogP) is 3.35. The average molecular weight is 334 g/mol. The zero-order valence-corrected chi connectivity index (χ0v) is 15.3. The van der Waals surface area contributed by atoms with Crippen LogP contribution < -0.4 is 5.32 Å². The Morgan fingerprint density at radius 1 is 1.43 bits per heavy atom. The fourth-order valence-corrected chi connectivity index (χ4v) is 3.08. The molecule has 2 heterocycles. The van der Waals surface area contributed by atoms with Crippen LogP contribution in [-0.2, 0) is 6.54 Å². The van der Waals surface area contributed by atoms with E-state index in [1.165, 1.54) is 4.88 Å². The first-order valence-corrected chi connectivity index (χ1v) is 8.80. The van der Waals surface area contributed by atoms with Crippen molar-refractivity contribution in [2.24, 2.45) is 5.92 Å². The van der Waals surface area contributed by atoms with E-state index in [1.54, 1.807) is 18.3 Å². The smallest absolute Gasteiger partial charge is 0.253 e. The third-order valence-corrected chi connectivity index (χ3v) is 5.42. The molecule has 1 amide bonds. The van der Waals surface area contributed by atoms with E-state index in [0.29, 0.717) is 5.56 Å². The number of hydrogen-bond donors (Lipinski definition) is 2. The Morgan fingerprint density at radius 3 is 2.70 bits per heavy atom. The molecule has 0 aliphatic heterocycles. The lowest BCUT2D eigenvalue weighted by molar-refractivity contribution is 0.0142. The van der Waals surface area contributed by atoms with Crippen LogP contribution in [0, 0.1) is 19.8 Å². The molecule has 0 aliphatic rings. The van der Waals surface area contributed by atoms with Gasteiger partial charge in [0, 0.05) is 22.8 Å². The molecule has 23 heavy (non-hydrogen) atoms. The Morgan fingerprint density at radius 2 is 2.13 bits per heavy atom. The van der Waals surface area contributed by atoms with Gasteiger partial charge in [-0.05, 0) is 44.2 Å². The van der Waals surface area contributed by atoms with Crippen molar-refractivity contribution < 1.29 is 9.90 Å². The number of nitrogens with zero attached hydrogens (tertiary/aromatic N) is 1. The maximum absolute atomic E-state index is 12.5. The van der Waals surface area contributed by atoms with Crippen LogP contribution in [0.2, 0.25) is 0 Å². The topological polar surface area (TPSA) is 54.3 Å². The molecule has 2 aromatic heterocycles. The van der Waals surface area contributed by atoms with Gasteiger partial charge in [-0.1, -0.05) is 19.9 Å². The van der Waals surface area contributed by atoms with Crippen LogP contribution >= 0.6 is 11.3 Å². The molecule has 0 aromatic carbocycles. The Balaban J connectivity index is 2.13. The number of rotatable bonds is 6. The van der Waals surface area contributed by atoms with E-state index >= 15 is 0 Å². The van der Waals surface area contributed by atoms with Crippen LogP contribution in [0.25, 0.3) is 0 Å². The highest BCUT2D eigenvalue weighted by molar-refractivity contribution is 7.09. The van der Waals surface area contributed by atoms with Gasteiger partial charge in [-0.3, -0.25) is 4.79 Å². The Bertz CT molecular complexity index is 670. The highest BCUT2D eigenvalue weighted by Gasteiger charge is 2.26. The van der Waals surface area contributed by atoms with Crippen molar-refractivity contribution in [3.05, 3.63) is 45.4 Å². The zero-order chi connectivity index (χ0) is 17.2. The lowest BCUT2D eigenvalue weighted by Gasteiger charge is -2.27. The van der Waals surface area contributed by atoms with Crippen molar-refractivity contribution in [1.82, 2.24) is 9.88 Å². The minimum absolute atomic E-state index is 0.0778. The van der Waals surface area contributed by atoms with Gasteiger partial charge in [-0.15, -0.1) is 11.3 Å². The van der Waals surface area contributed by atoms with Crippen molar-refractivity contribution in [3.63, 3.8) is 0 Å². The summed E-state index contributed by atoms with van der Waals surface area (Å²) in [6.45, 7) is 10.7. The molecule has 1 unspecified atom stereocenters. The first kappa shape index (κ1) is 17.8. The molecule has 0 saturated carbocycles. The fraction of sp³-hybridized carbons (Fsp3) is 0.500. The molecule has 2 N–H and O–H groups in total. The second-order valence-corrected chi connectivity index (χ2v) is 7.68. The molecule has 0 bridgehead atoms. The van der Waals surface area contributed by atoms with Crippen molar-refractivity contribution in [1.29, 1.82) is 0 Å². The van der Waals surface area contributed by atoms with Crippen LogP contribution in [0.4, 0.5) is 0 Å². The maximum Gasteiger partial charge on any atom is 0.253 e. The van der Waals surface area contributed by atoms with Crippen molar-refractivity contribution in [2.75, 3.05) is 6.54 Å². The van der Waals surface area contributed by atoms with Gasteiger partial charge in [-0.25, -0.2) is 0 Å². The van der Waals surface area contributed by atoms with Crippen LogP contribution in [0.3, 0.4) is 0 Å². The van der Waals surface area contributed by atoms with Gasteiger partial charge < -0.3 is 15.0 Å². The summed E-state index contributed by atoms with van der Waals surface area (Å²) < 4.78 is 2.15. The molecule has 0 radical (unpaired) electrons. The first-order valence-electron chi connectivity index (χ1n) is 7.92. The van der Waals surface area contributed by atoms with Gasteiger partial charge >= 0.3 is 0 Å². The molecule has 0 aliphatic carbocycles. The largest absolute Gasteiger partial charge is 0.388 e. The molecule has 126 valence electrons. The normalized spacial score (nSPS) is 14.0. The predicted molar refractivity (Wildman–Crippen MR) is 95.1 cm³/mol. The molecule has 4 nitrogen and oxygen atoms in total. The minimum atomic E-state index is -0.905. The molecule has 2 rings (SSSR count). The molecule has 0 fully saturated rings. The summed E-state index contributed by atoms with van der Waals surface area (Å²) in [5.74, 6) is -0.0504. The Labute approximate surface area is 142 Å². The van der Waals surface area contributed by atoms with Crippen LogP contribution in [0.15, 0.2) is 23.6 Å². The Hall–Kier alpha value is -1.59. The van der Waals surface area contributed by atoms with E-state index in [-0.39, 0.29) is 18.4 Å². The number of aliphatic hydroxyl groups is 1. The van der Waals surface area contributed by atoms with E-state index < -0.39 is 5.60 Å². The highest BCUT2D eigenvalue weighted by atomic mass is 32.1. The van der Waals surface area contributed by atoms with Gasteiger partial charge in [-0.2, -0.15) is 0 Å². The lowest BCUT2D eigenvalue weighted by atomic mass is 9.92. The number of hydrogen-bond acceptors (Lipinski definition) is 3. The lowest BCUT2D eigenvalue weighted by Crippen LogP contribution is -2.44. The maximum atomic E-state index is 12.5. The quantitative estimate of drug-likeness (QED) is 0.851. The standard InChI is InChI=1S/C18H26N2O2S/c1-12(2)18(5,22)11-19-17(21)16-9-13(3)20(14(16)4)10-15-7-6-8-23-15/h6-9,12,22H,10-11H2,1-5H3,(H,19,21). The molecular formula is C18H26N2O2S. The summed E-state index contributed by atoms with van der Waals surface area (Å²) in [6.07, 6.45) is 0. The number of carbonyl (C=O) groups is 1. The average Bonchev–Trinajstić information content (AvgIpc) is 3.08. The zero-order valence-electron chi connectivity index (χ0n) is 14.5. The van der Waals surface area contributed by atoms with Gasteiger partial charge in [0.1, 0.15) is 0 Å².